The molecule has 1 aromatic heterocycles. The molecular formula is C12H17ClF2N2O3S. The molecule has 9 heteroatoms. The second-order valence-electron chi connectivity index (χ2n) is 4.62. The average molecular weight is 343 g/mol. The molecule has 0 bridgehead atoms. The molecular weight excluding hydrogens is 326 g/mol. The minimum atomic E-state index is -4.08. The molecule has 5 nitrogen and oxygen atoms in total. The molecule has 0 saturated heterocycles. The smallest absolute Gasteiger partial charge is 0.270 e. The molecule has 0 radical (unpaired) electrons. The molecule has 1 aromatic rings. The van der Waals surface area contributed by atoms with Crippen LogP contribution in [0, 0.1) is 0 Å². The Morgan fingerprint density at radius 2 is 2.10 bits per heavy atom. The number of hydrogen-bond donors (Lipinski definition) is 0. The van der Waals surface area contributed by atoms with E-state index < -0.39 is 27.9 Å². The predicted octanol–water partition coefficient (Wildman–Crippen LogP) is 2.55. The summed E-state index contributed by atoms with van der Waals surface area (Å²) in [4.78, 5) is 13.2. The van der Waals surface area contributed by atoms with Gasteiger partial charge in [0.15, 0.2) is 0 Å². The van der Waals surface area contributed by atoms with Crippen LogP contribution in [0.4, 0.5) is 8.78 Å². The second kappa shape index (κ2) is 7.22. The zero-order chi connectivity index (χ0) is 16.2. The van der Waals surface area contributed by atoms with Crippen LogP contribution in [0.5, 0.6) is 0 Å². The normalized spacial score (nSPS) is 11.9. The molecule has 0 aliphatic carbocycles. The second-order valence-corrected chi connectivity index (χ2v) is 7.19. The largest absolute Gasteiger partial charge is 0.340 e. The molecule has 0 fully saturated rings. The van der Waals surface area contributed by atoms with E-state index in [1.807, 2.05) is 6.92 Å². The summed E-state index contributed by atoms with van der Waals surface area (Å²) in [6.45, 7) is 1.64. The van der Waals surface area contributed by atoms with Gasteiger partial charge in [0.1, 0.15) is 10.6 Å². The lowest BCUT2D eigenvalue weighted by Crippen LogP contribution is -2.30. The van der Waals surface area contributed by atoms with Gasteiger partial charge in [-0.15, -0.1) is 0 Å². The Morgan fingerprint density at radius 1 is 1.48 bits per heavy atom. The number of hydrogen-bond acceptors (Lipinski definition) is 3. The molecule has 1 amide bonds. The van der Waals surface area contributed by atoms with Gasteiger partial charge in [-0.3, -0.25) is 4.79 Å². The minimum absolute atomic E-state index is 0.117. The third-order valence-electron chi connectivity index (χ3n) is 2.90. The topological polar surface area (TPSA) is 59.4 Å². The summed E-state index contributed by atoms with van der Waals surface area (Å²) in [5.74, 6) is -0.518. The fourth-order valence-electron chi connectivity index (χ4n) is 1.79. The van der Waals surface area contributed by atoms with Crippen LogP contribution in [-0.2, 0) is 15.6 Å². The molecule has 0 saturated carbocycles. The van der Waals surface area contributed by atoms with E-state index in [0.717, 1.165) is 29.7 Å². The Kier molecular flexibility index (Phi) is 6.15. The minimum Gasteiger partial charge on any atom is -0.340 e. The highest BCUT2D eigenvalue weighted by Crippen LogP contribution is 2.20. The first-order chi connectivity index (χ1) is 9.66. The van der Waals surface area contributed by atoms with Crippen LogP contribution in [0.25, 0.3) is 0 Å². The molecule has 0 aromatic carbocycles. The quantitative estimate of drug-likeness (QED) is 0.715. The van der Waals surface area contributed by atoms with Gasteiger partial charge < -0.3 is 9.47 Å². The number of halogens is 3. The first kappa shape index (κ1) is 17.9. The van der Waals surface area contributed by atoms with Crippen molar-refractivity contribution in [2.24, 2.45) is 0 Å². The van der Waals surface area contributed by atoms with Crippen LogP contribution in [0.15, 0.2) is 17.2 Å². The van der Waals surface area contributed by atoms with E-state index in [1.54, 1.807) is 0 Å². The van der Waals surface area contributed by atoms with Gasteiger partial charge in [-0.05, 0) is 12.5 Å². The fraction of sp³-hybridized carbons (Fsp3) is 0.583. The monoisotopic (exact) mass is 342 g/mol. The highest BCUT2D eigenvalue weighted by Gasteiger charge is 2.23. The zero-order valence-corrected chi connectivity index (χ0v) is 13.3. The Labute approximate surface area is 126 Å². The molecule has 0 aliphatic heterocycles. The number of unbranched alkanes of at least 4 members (excludes halogenated alkanes) is 1. The van der Waals surface area contributed by atoms with Gasteiger partial charge in [0, 0.05) is 30.5 Å². The van der Waals surface area contributed by atoms with Crippen molar-refractivity contribution in [1.29, 1.82) is 0 Å². The first-order valence-corrected chi connectivity index (χ1v) is 8.66. The van der Waals surface area contributed by atoms with Crippen LogP contribution < -0.4 is 0 Å². The van der Waals surface area contributed by atoms with Crippen molar-refractivity contribution >= 4 is 25.6 Å². The third-order valence-corrected chi connectivity index (χ3v) is 4.22. The van der Waals surface area contributed by atoms with Gasteiger partial charge >= 0.3 is 0 Å². The van der Waals surface area contributed by atoms with Crippen molar-refractivity contribution in [3.63, 3.8) is 0 Å². The van der Waals surface area contributed by atoms with Gasteiger partial charge in [0.2, 0.25) is 0 Å². The molecule has 0 spiro atoms. The highest BCUT2D eigenvalue weighted by molar-refractivity contribution is 8.13. The Hall–Kier alpha value is -1.15. The van der Waals surface area contributed by atoms with E-state index in [4.69, 9.17) is 10.7 Å². The number of carbonyl (C=O) groups excluding carboxylic acids is 1. The molecule has 1 heterocycles. The fourth-order valence-corrected chi connectivity index (χ4v) is 2.55. The van der Waals surface area contributed by atoms with E-state index in [-0.39, 0.29) is 10.6 Å². The predicted molar refractivity (Wildman–Crippen MR) is 75.3 cm³/mol. The van der Waals surface area contributed by atoms with Crippen molar-refractivity contribution in [2.75, 3.05) is 13.6 Å². The lowest BCUT2D eigenvalue weighted by atomic mass is 10.3. The summed E-state index contributed by atoms with van der Waals surface area (Å²) < 4.78 is 48.6. The van der Waals surface area contributed by atoms with E-state index in [9.17, 15) is 22.0 Å². The summed E-state index contributed by atoms with van der Waals surface area (Å²) in [6, 6.07) is 1.02. The van der Waals surface area contributed by atoms with Crippen LogP contribution in [0.3, 0.4) is 0 Å². The van der Waals surface area contributed by atoms with Gasteiger partial charge in [0.25, 0.3) is 21.4 Å². The zero-order valence-electron chi connectivity index (χ0n) is 11.7. The molecule has 0 atom stereocenters. The maximum atomic E-state index is 12.5. The van der Waals surface area contributed by atoms with Gasteiger partial charge in [-0.25, -0.2) is 17.2 Å². The average Bonchev–Trinajstić information content (AvgIpc) is 2.77. The summed E-state index contributed by atoms with van der Waals surface area (Å²) >= 11 is 0. The lowest BCUT2D eigenvalue weighted by Gasteiger charge is -2.17. The van der Waals surface area contributed by atoms with Crippen molar-refractivity contribution < 1.29 is 22.0 Å². The molecule has 0 unspecified atom stereocenters. The third kappa shape index (κ3) is 4.96. The molecule has 0 N–H and O–H groups in total. The number of rotatable bonds is 7. The number of alkyl halides is 2. The molecule has 21 heavy (non-hydrogen) atoms. The van der Waals surface area contributed by atoms with E-state index in [2.05, 4.69) is 0 Å². The number of aromatic nitrogens is 1. The number of nitrogens with zero attached hydrogens (tertiary/aromatic N) is 2. The van der Waals surface area contributed by atoms with Gasteiger partial charge in [-0.1, -0.05) is 13.3 Å². The maximum Gasteiger partial charge on any atom is 0.270 e. The van der Waals surface area contributed by atoms with Gasteiger partial charge in [0.05, 0.1) is 6.54 Å². The summed E-state index contributed by atoms with van der Waals surface area (Å²) in [5, 5.41) is 0. The molecule has 0 aliphatic rings. The lowest BCUT2D eigenvalue weighted by molar-refractivity contribution is 0.0772. The van der Waals surface area contributed by atoms with Crippen LogP contribution in [0.1, 0.15) is 30.3 Å². The Balaban J connectivity index is 3.13. The maximum absolute atomic E-state index is 12.5. The van der Waals surface area contributed by atoms with Crippen molar-refractivity contribution in [1.82, 2.24) is 9.47 Å². The van der Waals surface area contributed by atoms with E-state index in [1.165, 1.54) is 11.9 Å². The SMILES string of the molecule is CCCCN(C)C(=O)c1cc(S(=O)(=O)Cl)cn1CC(F)F. The molecule has 120 valence electrons. The summed E-state index contributed by atoms with van der Waals surface area (Å²) in [6.07, 6.45) is -0.124. The van der Waals surface area contributed by atoms with Gasteiger partial charge in [-0.2, -0.15) is 0 Å². The number of carbonyl (C=O) groups is 1. The summed E-state index contributed by atoms with van der Waals surface area (Å²) in [5.41, 5.74) is -0.117. The first-order valence-electron chi connectivity index (χ1n) is 6.35. The molecule has 1 rings (SSSR count). The highest BCUT2D eigenvalue weighted by atomic mass is 35.7. The van der Waals surface area contributed by atoms with Crippen molar-refractivity contribution in [3.05, 3.63) is 18.0 Å². The number of amides is 1. The summed E-state index contributed by atoms with van der Waals surface area (Å²) in [7, 11) is 2.65. The Bertz CT molecular complexity index is 602. The van der Waals surface area contributed by atoms with Crippen molar-refractivity contribution in [3.8, 4) is 0 Å². The van der Waals surface area contributed by atoms with Crippen LogP contribution in [0.2, 0.25) is 0 Å². The Morgan fingerprint density at radius 3 is 2.57 bits per heavy atom. The van der Waals surface area contributed by atoms with E-state index in [0.29, 0.717) is 6.54 Å². The van der Waals surface area contributed by atoms with E-state index >= 15 is 0 Å². The van der Waals surface area contributed by atoms with Crippen LogP contribution in [-0.4, -0.2) is 43.8 Å². The van der Waals surface area contributed by atoms with Crippen LogP contribution >= 0.6 is 10.7 Å². The standard InChI is InChI=1S/C12H17ClF2N2O3S/c1-3-4-5-16(2)12(18)10-6-9(21(13,19)20)7-17(10)8-11(14)15/h6-7,11H,3-5,8H2,1-2H3. The van der Waals surface area contributed by atoms with Crippen molar-refractivity contribution in [2.45, 2.75) is 37.6 Å².